The third-order valence-electron chi connectivity index (χ3n) is 6.18. The van der Waals surface area contributed by atoms with Gasteiger partial charge in [0.15, 0.2) is 0 Å². The van der Waals surface area contributed by atoms with Crippen LogP contribution in [0.3, 0.4) is 0 Å². The van der Waals surface area contributed by atoms with E-state index in [1.165, 1.54) is 15.6 Å². The SMILES string of the molecule is Cc1ncsc1-c1ccc(CNC(=O)[C@@H]2C[C@@H](O)CN2C(=O)C(C)n2nc(C(F)F)cc2C)cc1. The van der Waals surface area contributed by atoms with Crippen molar-refractivity contribution in [1.29, 1.82) is 0 Å². The number of nitrogens with zero attached hydrogens (tertiary/aromatic N) is 4. The zero-order valence-electron chi connectivity index (χ0n) is 19.6. The topological polar surface area (TPSA) is 100 Å². The number of aliphatic hydroxyl groups is 1. The van der Waals surface area contributed by atoms with Gasteiger partial charge in [-0.25, -0.2) is 13.8 Å². The molecule has 1 saturated heterocycles. The molecule has 3 aromatic rings. The van der Waals surface area contributed by atoms with Gasteiger partial charge in [-0.15, -0.1) is 11.3 Å². The number of hydrogen-bond donors (Lipinski definition) is 2. The van der Waals surface area contributed by atoms with Crippen molar-refractivity contribution in [3.63, 3.8) is 0 Å². The summed E-state index contributed by atoms with van der Waals surface area (Å²) in [6.07, 6.45) is -3.49. The van der Waals surface area contributed by atoms with Crippen molar-refractivity contribution in [2.75, 3.05) is 6.54 Å². The highest BCUT2D eigenvalue weighted by atomic mass is 32.1. The molecule has 1 unspecified atom stereocenters. The number of amides is 2. The average molecular weight is 504 g/mol. The number of carbonyl (C=O) groups is 2. The van der Waals surface area contributed by atoms with Crippen LogP contribution in [0.1, 0.15) is 48.5 Å². The van der Waals surface area contributed by atoms with Crippen molar-refractivity contribution in [1.82, 2.24) is 25.0 Å². The molecule has 1 aliphatic rings. The van der Waals surface area contributed by atoms with Crippen LogP contribution in [-0.2, 0) is 16.1 Å². The fraction of sp³-hybridized carbons (Fsp3) is 0.417. The summed E-state index contributed by atoms with van der Waals surface area (Å²) in [7, 11) is 0. The second-order valence-corrected chi connectivity index (χ2v) is 9.56. The lowest BCUT2D eigenvalue weighted by Crippen LogP contribution is -2.47. The molecule has 2 N–H and O–H groups in total. The minimum Gasteiger partial charge on any atom is -0.391 e. The van der Waals surface area contributed by atoms with Gasteiger partial charge < -0.3 is 15.3 Å². The Balaban J connectivity index is 1.41. The van der Waals surface area contributed by atoms with Crippen molar-refractivity contribution in [2.45, 2.75) is 58.3 Å². The van der Waals surface area contributed by atoms with Crippen LogP contribution in [0.15, 0.2) is 35.8 Å². The minimum atomic E-state index is -2.75. The first-order valence-electron chi connectivity index (χ1n) is 11.3. The number of aryl methyl sites for hydroxylation is 2. The standard InChI is InChI=1S/C24H27F2N5O3S/c1-13-8-19(22(25)26)29-31(13)15(3)24(34)30-11-18(32)9-20(30)23(33)27-10-16-4-6-17(7-5-16)21-14(2)28-12-35-21/h4-8,12,15,18,20,22,32H,9-11H2,1-3H3,(H,27,33)/t15?,18-,20+/m1/s1. The summed E-state index contributed by atoms with van der Waals surface area (Å²) >= 11 is 1.57. The average Bonchev–Trinajstić information content (AvgIpc) is 3.55. The van der Waals surface area contributed by atoms with Gasteiger partial charge in [0, 0.05) is 25.2 Å². The van der Waals surface area contributed by atoms with E-state index in [1.807, 2.05) is 31.2 Å². The van der Waals surface area contributed by atoms with Crippen LogP contribution in [0.2, 0.25) is 0 Å². The Bertz CT molecular complexity index is 1210. The van der Waals surface area contributed by atoms with E-state index in [4.69, 9.17) is 0 Å². The molecule has 0 radical (unpaired) electrons. The summed E-state index contributed by atoms with van der Waals surface area (Å²) in [6.45, 7) is 5.35. The maximum Gasteiger partial charge on any atom is 0.282 e. The van der Waals surface area contributed by atoms with E-state index in [1.54, 1.807) is 30.7 Å². The summed E-state index contributed by atoms with van der Waals surface area (Å²) in [5, 5.41) is 16.9. The number of aromatic nitrogens is 3. The van der Waals surface area contributed by atoms with Crippen LogP contribution in [0.25, 0.3) is 10.4 Å². The van der Waals surface area contributed by atoms with Crippen LogP contribution in [-0.4, -0.2) is 55.3 Å². The van der Waals surface area contributed by atoms with Crippen LogP contribution < -0.4 is 5.32 Å². The lowest BCUT2D eigenvalue weighted by molar-refractivity contribution is -0.141. The Morgan fingerprint density at radius 1 is 1.26 bits per heavy atom. The first-order valence-corrected chi connectivity index (χ1v) is 12.1. The molecule has 0 saturated carbocycles. The molecular formula is C24H27F2N5O3S. The molecule has 1 aliphatic heterocycles. The molecule has 0 bridgehead atoms. The summed E-state index contributed by atoms with van der Waals surface area (Å²) in [5.74, 6) is -0.840. The Kier molecular flexibility index (Phi) is 7.27. The van der Waals surface area contributed by atoms with Crippen LogP contribution in [0, 0.1) is 13.8 Å². The number of hydrogen-bond acceptors (Lipinski definition) is 6. The first-order chi connectivity index (χ1) is 16.7. The van der Waals surface area contributed by atoms with Gasteiger partial charge in [0.1, 0.15) is 17.8 Å². The van der Waals surface area contributed by atoms with Gasteiger partial charge in [0.2, 0.25) is 11.8 Å². The molecule has 3 atom stereocenters. The zero-order chi connectivity index (χ0) is 25.3. The van der Waals surface area contributed by atoms with Gasteiger partial charge in [-0.2, -0.15) is 5.10 Å². The third-order valence-corrected chi connectivity index (χ3v) is 7.16. The van der Waals surface area contributed by atoms with Gasteiger partial charge in [0.25, 0.3) is 6.43 Å². The fourth-order valence-corrected chi connectivity index (χ4v) is 5.13. The Hall–Kier alpha value is -3.18. The molecule has 35 heavy (non-hydrogen) atoms. The van der Waals surface area contributed by atoms with Crippen molar-refractivity contribution in [3.05, 3.63) is 58.5 Å². The number of carbonyl (C=O) groups excluding carboxylic acids is 2. The van der Waals surface area contributed by atoms with E-state index in [-0.39, 0.29) is 25.4 Å². The molecular weight excluding hydrogens is 476 g/mol. The van der Waals surface area contributed by atoms with Crippen LogP contribution >= 0.6 is 11.3 Å². The fourth-order valence-electron chi connectivity index (χ4n) is 4.32. The first kappa shape index (κ1) is 24.9. The highest BCUT2D eigenvalue weighted by Gasteiger charge is 2.41. The number of thiazole rings is 1. The number of aliphatic hydroxyl groups excluding tert-OH is 1. The van der Waals surface area contributed by atoms with E-state index < -0.39 is 36.2 Å². The lowest BCUT2D eigenvalue weighted by atomic mass is 10.1. The van der Waals surface area contributed by atoms with Crippen molar-refractivity contribution >= 4 is 23.2 Å². The molecule has 1 fully saturated rings. The summed E-state index contributed by atoms with van der Waals surface area (Å²) in [6, 6.07) is 7.27. The second kappa shape index (κ2) is 10.2. The van der Waals surface area contributed by atoms with E-state index in [9.17, 15) is 23.5 Å². The van der Waals surface area contributed by atoms with E-state index >= 15 is 0 Å². The van der Waals surface area contributed by atoms with Gasteiger partial charge >= 0.3 is 0 Å². The summed E-state index contributed by atoms with van der Waals surface area (Å²) in [5.41, 5.74) is 4.71. The molecule has 0 spiro atoms. The van der Waals surface area contributed by atoms with Crippen LogP contribution in [0.5, 0.6) is 0 Å². The number of β-amino-alcohol motifs (C(OH)–C–C–N with tert-alkyl or cyclic N) is 1. The zero-order valence-corrected chi connectivity index (χ0v) is 20.4. The molecule has 2 amide bonds. The molecule has 8 nitrogen and oxygen atoms in total. The number of benzene rings is 1. The largest absolute Gasteiger partial charge is 0.391 e. The molecule has 0 aliphatic carbocycles. The van der Waals surface area contributed by atoms with E-state index in [0.29, 0.717) is 5.69 Å². The van der Waals surface area contributed by atoms with Gasteiger partial charge in [-0.3, -0.25) is 14.3 Å². The van der Waals surface area contributed by atoms with Gasteiger partial charge in [-0.05, 0) is 38.0 Å². The molecule has 11 heteroatoms. The van der Waals surface area contributed by atoms with E-state index in [0.717, 1.165) is 21.7 Å². The number of halogens is 2. The smallest absolute Gasteiger partial charge is 0.282 e. The summed E-state index contributed by atoms with van der Waals surface area (Å²) < 4.78 is 27.3. The van der Waals surface area contributed by atoms with Gasteiger partial charge in [-0.1, -0.05) is 24.3 Å². The quantitative estimate of drug-likeness (QED) is 0.515. The molecule has 3 heterocycles. The maximum atomic E-state index is 13.2. The highest BCUT2D eigenvalue weighted by molar-refractivity contribution is 7.13. The number of alkyl halides is 2. The Labute approximate surface area is 205 Å². The molecule has 186 valence electrons. The number of nitrogens with one attached hydrogen (secondary N) is 1. The van der Waals surface area contributed by atoms with Crippen molar-refractivity contribution < 1.29 is 23.5 Å². The molecule has 1 aromatic carbocycles. The molecule has 4 rings (SSSR count). The van der Waals surface area contributed by atoms with E-state index in [2.05, 4.69) is 15.4 Å². The maximum absolute atomic E-state index is 13.2. The Morgan fingerprint density at radius 3 is 2.57 bits per heavy atom. The highest BCUT2D eigenvalue weighted by Crippen LogP contribution is 2.28. The van der Waals surface area contributed by atoms with Crippen molar-refractivity contribution in [2.24, 2.45) is 0 Å². The monoisotopic (exact) mass is 503 g/mol. The summed E-state index contributed by atoms with van der Waals surface area (Å²) in [4.78, 5) is 32.8. The lowest BCUT2D eigenvalue weighted by Gasteiger charge is -2.27. The predicted octanol–water partition coefficient (Wildman–Crippen LogP) is 3.40. The second-order valence-electron chi connectivity index (χ2n) is 8.71. The molecule has 2 aromatic heterocycles. The minimum absolute atomic E-state index is 0.00776. The Morgan fingerprint density at radius 2 is 1.97 bits per heavy atom. The normalized spacial score (nSPS) is 18.8. The van der Waals surface area contributed by atoms with Crippen molar-refractivity contribution in [3.8, 4) is 10.4 Å². The number of rotatable bonds is 7. The number of likely N-dealkylation sites (tertiary alicyclic amines) is 1. The predicted molar refractivity (Wildman–Crippen MR) is 127 cm³/mol. The third kappa shape index (κ3) is 5.25. The van der Waals surface area contributed by atoms with Crippen LogP contribution in [0.4, 0.5) is 8.78 Å². The van der Waals surface area contributed by atoms with Gasteiger partial charge in [0.05, 0.1) is 22.2 Å².